The maximum atomic E-state index is 9.72. The number of nitrogens with one attached hydrogen (secondary N) is 2. The van der Waals surface area contributed by atoms with E-state index in [1.807, 2.05) is 25.1 Å². The largest absolute Gasteiger partial charge is 0.391 e. The first-order valence-electron chi connectivity index (χ1n) is 5.92. The van der Waals surface area contributed by atoms with E-state index in [-0.39, 0.29) is 6.10 Å². The Morgan fingerprint density at radius 1 is 1.38 bits per heavy atom. The van der Waals surface area contributed by atoms with Gasteiger partial charge in [0.1, 0.15) is 11.6 Å². The van der Waals surface area contributed by atoms with E-state index < -0.39 is 0 Å². The standard InChI is InChI=1S/C12H19N3O/c1-2-13-11-4-3-5-12(15-11)14-8-10(16)9-6-7-9/h3-5,9-10,16H,2,6-8H2,1H3,(H2,13,14,15). The molecule has 88 valence electrons. The molecule has 4 heteroatoms. The van der Waals surface area contributed by atoms with Gasteiger partial charge in [0.15, 0.2) is 0 Å². The zero-order valence-corrected chi connectivity index (χ0v) is 9.61. The van der Waals surface area contributed by atoms with Crippen LogP contribution in [0.15, 0.2) is 18.2 Å². The van der Waals surface area contributed by atoms with Crippen molar-refractivity contribution >= 4 is 11.6 Å². The summed E-state index contributed by atoms with van der Waals surface area (Å²) in [6.45, 7) is 3.49. The van der Waals surface area contributed by atoms with Gasteiger partial charge in [-0.25, -0.2) is 4.98 Å². The highest BCUT2D eigenvalue weighted by Gasteiger charge is 2.29. The molecule has 1 aromatic rings. The molecule has 0 saturated heterocycles. The predicted octanol–water partition coefficient (Wildman–Crippen LogP) is 1.70. The number of rotatable bonds is 6. The topological polar surface area (TPSA) is 57.2 Å². The van der Waals surface area contributed by atoms with Crippen LogP contribution in [-0.4, -0.2) is 29.3 Å². The lowest BCUT2D eigenvalue weighted by molar-refractivity contribution is 0.164. The van der Waals surface area contributed by atoms with Crippen LogP contribution in [-0.2, 0) is 0 Å². The third-order valence-corrected chi connectivity index (χ3v) is 2.77. The Morgan fingerprint density at radius 2 is 2.06 bits per heavy atom. The van der Waals surface area contributed by atoms with E-state index >= 15 is 0 Å². The summed E-state index contributed by atoms with van der Waals surface area (Å²) < 4.78 is 0. The number of aliphatic hydroxyl groups excluding tert-OH is 1. The summed E-state index contributed by atoms with van der Waals surface area (Å²) in [5.74, 6) is 2.19. The Labute approximate surface area is 96.1 Å². The number of pyridine rings is 1. The minimum Gasteiger partial charge on any atom is -0.391 e. The lowest BCUT2D eigenvalue weighted by Gasteiger charge is -2.12. The van der Waals surface area contributed by atoms with E-state index in [0.717, 1.165) is 31.0 Å². The zero-order valence-electron chi connectivity index (χ0n) is 9.61. The maximum absolute atomic E-state index is 9.72. The Balaban J connectivity index is 1.85. The molecule has 0 aromatic carbocycles. The first kappa shape index (κ1) is 11.2. The van der Waals surface area contributed by atoms with Gasteiger partial charge in [0.05, 0.1) is 6.10 Å². The fourth-order valence-electron chi connectivity index (χ4n) is 1.67. The third-order valence-electron chi connectivity index (χ3n) is 2.77. The van der Waals surface area contributed by atoms with Gasteiger partial charge in [0.25, 0.3) is 0 Å². The number of nitrogens with zero attached hydrogens (tertiary/aromatic N) is 1. The second-order valence-electron chi connectivity index (χ2n) is 4.22. The smallest absolute Gasteiger partial charge is 0.128 e. The quantitative estimate of drug-likeness (QED) is 0.684. The van der Waals surface area contributed by atoms with E-state index in [0.29, 0.717) is 12.5 Å². The molecule has 3 N–H and O–H groups in total. The highest BCUT2D eigenvalue weighted by molar-refractivity contribution is 5.45. The Kier molecular flexibility index (Phi) is 3.62. The lowest BCUT2D eigenvalue weighted by Crippen LogP contribution is -2.21. The molecule has 0 amide bonds. The fraction of sp³-hybridized carbons (Fsp3) is 0.583. The molecule has 16 heavy (non-hydrogen) atoms. The highest BCUT2D eigenvalue weighted by Crippen LogP contribution is 2.32. The second-order valence-corrected chi connectivity index (χ2v) is 4.22. The van der Waals surface area contributed by atoms with Gasteiger partial charge in [-0.1, -0.05) is 6.07 Å². The Morgan fingerprint density at radius 3 is 2.69 bits per heavy atom. The van der Waals surface area contributed by atoms with E-state index in [9.17, 15) is 5.11 Å². The summed E-state index contributed by atoms with van der Waals surface area (Å²) in [7, 11) is 0. The average molecular weight is 221 g/mol. The van der Waals surface area contributed by atoms with E-state index in [1.54, 1.807) is 0 Å². The zero-order chi connectivity index (χ0) is 11.4. The first-order chi connectivity index (χ1) is 7.79. The summed E-state index contributed by atoms with van der Waals surface area (Å²) >= 11 is 0. The van der Waals surface area contributed by atoms with Gasteiger partial charge in [-0.15, -0.1) is 0 Å². The van der Waals surface area contributed by atoms with Gasteiger partial charge in [-0.2, -0.15) is 0 Å². The highest BCUT2D eigenvalue weighted by atomic mass is 16.3. The minimum atomic E-state index is -0.232. The van der Waals surface area contributed by atoms with Crippen molar-refractivity contribution < 1.29 is 5.11 Å². The van der Waals surface area contributed by atoms with E-state index in [4.69, 9.17) is 0 Å². The van der Waals surface area contributed by atoms with E-state index in [2.05, 4.69) is 15.6 Å². The lowest BCUT2D eigenvalue weighted by atomic mass is 10.2. The molecule has 1 saturated carbocycles. The molecule has 0 bridgehead atoms. The van der Waals surface area contributed by atoms with Crippen LogP contribution in [0.5, 0.6) is 0 Å². The van der Waals surface area contributed by atoms with Gasteiger partial charge < -0.3 is 15.7 Å². The number of hydrogen-bond donors (Lipinski definition) is 3. The number of aliphatic hydroxyl groups is 1. The van der Waals surface area contributed by atoms with Crippen LogP contribution in [0.1, 0.15) is 19.8 Å². The van der Waals surface area contributed by atoms with Crippen LogP contribution < -0.4 is 10.6 Å². The van der Waals surface area contributed by atoms with Crippen molar-refractivity contribution in [3.05, 3.63) is 18.2 Å². The van der Waals surface area contributed by atoms with Crippen molar-refractivity contribution in [3.8, 4) is 0 Å². The van der Waals surface area contributed by atoms with Crippen molar-refractivity contribution in [1.82, 2.24) is 4.98 Å². The van der Waals surface area contributed by atoms with Gasteiger partial charge in [0.2, 0.25) is 0 Å². The Hall–Kier alpha value is -1.29. The Bertz CT molecular complexity index is 339. The molecule has 0 spiro atoms. The molecule has 1 atom stereocenters. The molecule has 2 rings (SSSR count). The summed E-state index contributed by atoms with van der Waals surface area (Å²) in [5, 5.41) is 16.0. The molecule has 4 nitrogen and oxygen atoms in total. The first-order valence-corrected chi connectivity index (χ1v) is 5.92. The fourth-order valence-corrected chi connectivity index (χ4v) is 1.67. The molecule has 1 aromatic heterocycles. The predicted molar refractivity (Wildman–Crippen MR) is 65.6 cm³/mol. The average Bonchev–Trinajstić information content (AvgIpc) is 3.11. The van der Waals surface area contributed by atoms with Crippen LogP contribution in [0.25, 0.3) is 0 Å². The van der Waals surface area contributed by atoms with Crippen LogP contribution in [0.2, 0.25) is 0 Å². The second kappa shape index (κ2) is 5.16. The monoisotopic (exact) mass is 221 g/mol. The molecule has 1 aliphatic rings. The molecule has 1 aliphatic carbocycles. The molecule has 1 unspecified atom stereocenters. The summed E-state index contributed by atoms with van der Waals surface area (Å²) in [6.07, 6.45) is 2.09. The third kappa shape index (κ3) is 3.10. The van der Waals surface area contributed by atoms with Crippen molar-refractivity contribution in [3.63, 3.8) is 0 Å². The molecule has 1 fully saturated rings. The van der Waals surface area contributed by atoms with Crippen molar-refractivity contribution in [2.45, 2.75) is 25.9 Å². The maximum Gasteiger partial charge on any atom is 0.128 e. The van der Waals surface area contributed by atoms with E-state index in [1.165, 1.54) is 0 Å². The number of anilines is 2. The summed E-state index contributed by atoms with van der Waals surface area (Å²) in [6, 6.07) is 5.81. The van der Waals surface area contributed by atoms with Gasteiger partial charge in [-0.3, -0.25) is 0 Å². The van der Waals surface area contributed by atoms with Gasteiger partial charge in [-0.05, 0) is 37.8 Å². The normalized spacial score (nSPS) is 16.9. The molecule has 0 radical (unpaired) electrons. The van der Waals surface area contributed by atoms with Gasteiger partial charge in [0, 0.05) is 13.1 Å². The van der Waals surface area contributed by atoms with Crippen LogP contribution in [0.3, 0.4) is 0 Å². The SMILES string of the molecule is CCNc1cccc(NCC(O)C2CC2)n1. The molecular weight excluding hydrogens is 202 g/mol. The van der Waals surface area contributed by atoms with Gasteiger partial charge >= 0.3 is 0 Å². The number of aromatic nitrogens is 1. The van der Waals surface area contributed by atoms with Crippen molar-refractivity contribution in [2.75, 3.05) is 23.7 Å². The molecule has 1 heterocycles. The van der Waals surface area contributed by atoms with Crippen LogP contribution in [0, 0.1) is 5.92 Å². The summed E-state index contributed by atoms with van der Waals surface area (Å²) in [5.41, 5.74) is 0. The van der Waals surface area contributed by atoms with Crippen LogP contribution >= 0.6 is 0 Å². The molecule has 0 aliphatic heterocycles. The minimum absolute atomic E-state index is 0.232. The van der Waals surface area contributed by atoms with Crippen molar-refractivity contribution in [1.29, 1.82) is 0 Å². The number of hydrogen-bond acceptors (Lipinski definition) is 4. The molecular formula is C12H19N3O. The van der Waals surface area contributed by atoms with Crippen LogP contribution in [0.4, 0.5) is 11.6 Å². The van der Waals surface area contributed by atoms with Crippen molar-refractivity contribution in [2.24, 2.45) is 5.92 Å². The summed E-state index contributed by atoms with van der Waals surface area (Å²) in [4.78, 5) is 4.38.